The first kappa shape index (κ1) is 9.09. The van der Waals surface area contributed by atoms with Gasteiger partial charge < -0.3 is 11.1 Å². The average molecular weight is 181 g/mol. The minimum Gasteiger partial charge on any atom is -0.399 e. The Kier molecular flexibility index (Phi) is 3.13. The molecule has 0 aliphatic carbocycles. The van der Waals surface area contributed by atoms with Gasteiger partial charge in [-0.25, -0.2) is 0 Å². The van der Waals surface area contributed by atoms with E-state index < -0.39 is 0 Å². The second kappa shape index (κ2) is 4.13. The van der Waals surface area contributed by atoms with Crippen LogP contribution < -0.4 is 10.9 Å². The van der Waals surface area contributed by atoms with Gasteiger partial charge in [-0.2, -0.15) is 0 Å². The van der Waals surface area contributed by atoms with Crippen molar-refractivity contribution >= 4 is 23.3 Å². The van der Waals surface area contributed by atoms with Crippen molar-refractivity contribution in [2.75, 3.05) is 11.5 Å². The molecule has 4 heteroatoms. The van der Waals surface area contributed by atoms with E-state index in [0.29, 0.717) is 17.2 Å². The van der Waals surface area contributed by atoms with E-state index in [0.717, 1.165) is 17.5 Å². The van der Waals surface area contributed by atoms with Gasteiger partial charge in [-0.3, -0.25) is 5.14 Å². The fourth-order valence-corrected chi connectivity index (χ4v) is 1.23. The average Bonchev–Trinajstić information content (AvgIpc) is 2.05. The molecule has 0 saturated heterocycles. The van der Waals surface area contributed by atoms with Crippen molar-refractivity contribution < 1.29 is 0 Å². The zero-order valence-electron chi connectivity index (χ0n) is 6.58. The summed E-state index contributed by atoms with van der Waals surface area (Å²) >= 11 is 1.15. The standard InChI is InChI=1S/C8H11N3S/c9-7-3-1-2-6(4-7)8(10)5-12-11/h1-4,10H,5,9,11H2. The van der Waals surface area contributed by atoms with Crippen molar-refractivity contribution in [1.82, 2.24) is 0 Å². The molecule has 1 aromatic rings. The number of nitrogens with one attached hydrogen (secondary N) is 1. The van der Waals surface area contributed by atoms with E-state index in [4.69, 9.17) is 16.3 Å². The lowest BCUT2D eigenvalue weighted by Crippen LogP contribution is -2.04. The van der Waals surface area contributed by atoms with Crippen LogP contribution in [0.15, 0.2) is 24.3 Å². The molecule has 12 heavy (non-hydrogen) atoms. The fourth-order valence-electron chi connectivity index (χ4n) is 0.893. The van der Waals surface area contributed by atoms with E-state index in [-0.39, 0.29) is 0 Å². The number of nitrogens with two attached hydrogens (primary N) is 2. The van der Waals surface area contributed by atoms with E-state index in [1.807, 2.05) is 12.1 Å². The quantitative estimate of drug-likeness (QED) is 0.373. The van der Waals surface area contributed by atoms with Gasteiger partial charge in [0.05, 0.1) is 5.75 Å². The molecule has 64 valence electrons. The van der Waals surface area contributed by atoms with Crippen LogP contribution in [-0.4, -0.2) is 11.5 Å². The highest BCUT2D eigenvalue weighted by Crippen LogP contribution is 2.08. The van der Waals surface area contributed by atoms with Crippen molar-refractivity contribution in [3.05, 3.63) is 29.8 Å². The molecule has 0 unspecified atom stereocenters. The van der Waals surface area contributed by atoms with Crippen molar-refractivity contribution in [2.24, 2.45) is 5.14 Å². The molecule has 5 N–H and O–H groups in total. The van der Waals surface area contributed by atoms with E-state index in [2.05, 4.69) is 0 Å². The second-order valence-electron chi connectivity index (χ2n) is 2.42. The highest BCUT2D eigenvalue weighted by atomic mass is 32.2. The summed E-state index contributed by atoms with van der Waals surface area (Å²) in [6.07, 6.45) is 0. The summed E-state index contributed by atoms with van der Waals surface area (Å²) < 4.78 is 0. The highest BCUT2D eigenvalue weighted by Gasteiger charge is 1.99. The Balaban J connectivity index is 2.81. The summed E-state index contributed by atoms with van der Waals surface area (Å²) in [5.41, 5.74) is 7.59. The maximum atomic E-state index is 7.57. The summed E-state index contributed by atoms with van der Waals surface area (Å²) in [5, 5.41) is 12.8. The maximum Gasteiger partial charge on any atom is 0.0500 e. The van der Waals surface area contributed by atoms with Crippen LogP contribution >= 0.6 is 11.9 Å². The van der Waals surface area contributed by atoms with Gasteiger partial charge in [-0.05, 0) is 17.7 Å². The molecule has 0 spiro atoms. The Hall–Kier alpha value is -1.00. The molecule has 0 heterocycles. The zero-order chi connectivity index (χ0) is 8.97. The predicted octanol–water partition coefficient (Wildman–Crippen LogP) is 1.24. The van der Waals surface area contributed by atoms with Crippen LogP contribution in [0.1, 0.15) is 5.56 Å². The van der Waals surface area contributed by atoms with E-state index in [1.54, 1.807) is 12.1 Å². The smallest absolute Gasteiger partial charge is 0.0500 e. The molecule has 0 fully saturated rings. The summed E-state index contributed by atoms with van der Waals surface area (Å²) in [6.45, 7) is 0. The lowest BCUT2D eigenvalue weighted by atomic mass is 10.1. The van der Waals surface area contributed by atoms with Gasteiger partial charge in [0.15, 0.2) is 0 Å². The Morgan fingerprint density at radius 2 is 2.25 bits per heavy atom. The SMILES string of the molecule is N=C(CSN)c1cccc(N)c1. The van der Waals surface area contributed by atoms with E-state index >= 15 is 0 Å². The molecule has 0 saturated carbocycles. The van der Waals surface area contributed by atoms with Crippen LogP contribution in [0.5, 0.6) is 0 Å². The van der Waals surface area contributed by atoms with Crippen LogP contribution in [0.3, 0.4) is 0 Å². The number of hydrogen-bond donors (Lipinski definition) is 3. The number of benzene rings is 1. The number of hydrogen-bond acceptors (Lipinski definition) is 4. The molecular formula is C8H11N3S. The maximum absolute atomic E-state index is 7.57. The van der Waals surface area contributed by atoms with Crippen molar-refractivity contribution in [2.45, 2.75) is 0 Å². The van der Waals surface area contributed by atoms with Gasteiger partial charge in [0, 0.05) is 11.4 Å². The molecule has 0 atom stereocenters. The Morgan fingerprint density at radius 3 is 2.83 bits per heavy atom. The topological polar surface area (TPSA) is 75.9 Å². The van der Waals surface area contributed by atoms with Gasteiger partial charge in [0.1, 0.15) is 0 Å². The third-order valence-electron chi connectivity index (χ3n) is 1.46. The van der Waals surface area contributed by atoms with Crippen molar-refractivity contribution in [1.29, 1.82) is 5.41 Å². The first-order chi connectivity index (χ1) is 5.74. The molecule has 0 aromatic heterocycles. The van der Waals surface area contributed by atoms with E-state index in [9.17, 15) is 0 Å². The van der Waals surface area contributed by atoms with Crippen LogP contribution in [-0.2, 0) is 0 Å². The summed E-state index contributed by atoms with van der Waals surface area (Å²) in [7, 11) is 0. The first-order valence-electron chi connectivity index (χ1n) is 3.49. The largest absolute Gasteiger partial charge is 0.399 e. The van der Waals surface area contributed by atoms with Crippen molar-refractivity contribution in [3.63, 3.8) is 0 Å². The van der Waals surface area contributed by atoms with Crippen LogP contribution in [0, 0.1) is 5.41 Å². The molecular weight excluding hydrogens is 170 g/mol. The lowest BCUT2D eigenvalue weighted by molar-refractivity contribution is 1.46. The third kappa shape index (κ3) is 2.25. The Bertz CT molecular complexity index is 285. The Labute approximate surface area is 75.8 Å². The molecule has 1 aromatic carbocycles. The van der Waals surface area contributed by atoms with Crippen LogP contribution in [0.25, 0.3) is 0 Å². The normalized spacial score (nSPS) is 9.75. The van der Waals surface area contributed by atoms with Gasteiger partial charge in [-0.1, -0.05) is 24.1 Å². The first-order valence-corrected chi connectivity index (χ1v) is 4.54. The Morgan fingerprint density at radius 1 is 1.50 bits per heavy atom. The van der Waals surface area contributed by atoms with Gasteiger partial charge in [0.25, 0.3) is 0 Å². The summed E-state index contributed by atoms with van der Waals surface area (Å²) in [6, 6.07) is 7.26. The van der Waals surface area contributed by atoms with Gasteiger partial charge >= 0.3 is 0 Å². The molecule has 3 nitrogen and oxygen atoms in total. The minimum absolute atomic E-state index is 0.509. The molecule has 0 bridgehead atoms. The fraction of sp³-hybridized carbons (Fsp3) is 0.125. The molecule has 0 aliphatic heterocycles. The number of rotatable bonds is 3. The molecule has 0 radical (unpaired) electrons. The predicted molar refractivity (Wildman–Crippen MR) is 54.3 cm³/mol. The minimum atomic E-state index is 0.509. The molecule has 1 rings (SSSR count). The number of nitrogen functional groups attached to an aromatic ring is 1. The monoisotopic (exact) mass is 181 g/mol. The third-order valence-corrected chi connectivity index (χ3v) is 1.92. The molecule has 0 aliphatic rings. The van der Waals surface area contributed by atoms with Gasteiger partial charge in [0.2, 0.25) is 0 Å². The van der Waals surface area contributed by atoms with Gasteiger partial charge in [-0.15, -0.1) is 0 Å². The van der Waals surface area contributed by atoms with E-state index in [1.165, 1.54) is 0 Å². The van der Waals surface area contributed by atoms with Crippen molar-refractivity contribution in [3.8, 4) is 0 Å². The van der Waals surface area contributed by atoms with Crippen LogP contribution in [0.2, 0.25) is 0 Å². The van der Waals surface area contributed by atoms with Crippen LogP contribution in [0.4, 0.5) is 5.69 Å². The lowest BCUT2D eigenvalue weighted by Gasteiger charge is -2.01. The highest BCUT2D eigenvalue weighted by molar-refractivity contribution is 7.97. The molecule has 0 amide bonds. The second-order valence-corrected chi connectivity index (χ2v) is 3.04. The summed E-state index contributed by atoms with van der Waals surface area (Å²) in [4.78, 5) is 0. The zero-order valence-corrected chi connectivity index (χ0v) is 7.40. The summed E-state index contributed by atoms with van der Waals surface area (Å²) in [5.74, 6) is 0.517. The number of anilines is 1.